The molecule has 130 valence electrons. The van der Waals surface area contributed by atoms with Crippen LogP contribution in [0.4, 0.5) is 30.6 Å². The summed E-state index contributed by atoms with van der Waals surface area (Å²) < 4.78 is 43.6. The number of halogens is 4. The van der Waals surface area contributed by atoms with Crippen molar-refractivity contribution in [2.45, 2.75) is 12.6 Å². The van der Waals surface area contributed by atoms with Crippen LogP contribution < -0.4 is 10.6 Å². The molecular weight excluding hydrogens is 345 g/mol. The second kappa shape index (κ2) is 8.16. The number of nitrogens with zero attached hydrogens (tertiary/aromatic N) is 2. The van der Waals surface area contributed by atoms with E-state index in [-0.39, 0.29) is 10.7 Å². The van der Waals surface area contributed by atoms with E-state index < -0.39 is 11.7 Å². The second-order valence-corrected chi connectivity index (χ2v) is 5.26. The molecule has 1 aromatic heterocycles. The molecule has 0 aliphatic carbocycles. The molecule has 5 nitrogen and oxygen atoms in total. The highest BCUT2D eigenvalue weighted by Gasteiger charge is 2.33. The number of aromatic nitrogens is 2. The van der Waals surface area contributed by atoms with Crippen molar-refractivity contribution in [1.29, 1.82) is 0 Å². The van der Waals surface area contributed by atoms with E-state index in [0.29, 0.717) is 24.9 Å². The van der Waals surface area contributed by atoms with Crippen LogP contribution in [0, 0.1) is 0 Å². The van der Waals surface area contributed by atoms with Gasteiger partial charge in [0, 0.05) is 32.1 Å². The number of alkyl halides is 3. The summed E-state index contributed by atoms with van der Waals surface area (Å²) in [5.41, 5.74) is -0.670. The molecule has 1 heterocycles. The third-order valence-corrected chi connectivity index (χ3v) is 3.34. The van der Waals surface area contributed by atoms with Crippen molar-refractivity contribution in [1.82, 2.24) is 9.97 Å². The lowest BCUT2D eigenvalue weighted by atomic mass is 10.2. The first-order chi connectivity index (χ1) is 11.4. The van der Waals surface area contributed by atoms with Crippen molar-refractivity contribution in [3.63, 3.8) is 0 Å². The molecule has 0 amide bonds. The number of methoxy groups -OCH3 is 1. The van der Waals surface area contributed by atoms with Gasteiger partial charge in [0.15, 0.2) is 0 Å². The molecule has 0 radical (unpaired) electrons. The van der Waals surface area contributed by atoms with Gasteiger partial charge in [0.25, 0.3) is 0 Å². The van der Waals surface area contributed by atoms with Crippen molar-refractivity contribution >= 4 is 29.1 Å². The molecule has 2 N–H and O–H groups in total. The van der Waals surface area contributed by atoms with Crippen LogP contribution in [0.15, 0.2) is 30.5 Å². The number of hydrogen-bond donors (Lipinski definition) is 2. The first kappa shape index (κ1) is 18.3. The standard InChI is InChI=1S/C15H16ClF3N4O/c1-24-8-2-6-20-14-21-7-5-13(23-14)22-10-3-4-12(16)11(9-10)15(17,18)19/h3-5,7,9H,2,6,8H2,1H3,(H2,20,21,22,23). The highest BCUT2D eigenvalue weighted by Crippen LogP contribution is 2.36. The minimum absolute atomic E-state index is 0.232. The van der Waals surface area contributed by atoms with Gasteiger partial charge in [-0.1, -0.05) is 11.6 Å². The van der Waals surface area contributed by atoms with E-state index in [9.17, 15) is 13.2 Å². The normalized spacial score (nSPS) is 11.4. The molecule has 2 rings (SSSR count). The van der Waals surface area contributed by atoms with Gasteiger partial charge in [0.2, 0.25) is 5.95 Å². The molecule has 0 saturated carbocycles. The van der Waals surface area contributed by atoms with E-state index in [1.807, 2.05) is 0 Å². The van der Waals surface area contributed by atoms with Crippen molar-refractivity contribution < 1.29 is 17.9 Å². The largest absolute Gasteiger partial charge is 0.417 e. The molecule has 2 aromatic rings. The SMILES string of the molecule is COCCCNc1nccc(Nc2ccc(Cl)c(C(F)(F)F)c2)n1. The lowest BCUT2D eigenvalue weighted by molar-refractivity contribution is -0.137. The minimum Gasteiger partial charge on any atom is -0.385 e. The Morgan fingerprint density at radius 1 is 1.25 bits per heavy atom. The Morgan fingerprint density at radius 3 is 2.75 bits per heavy atom. The third-order valence-electron chi connectivity index (χ3n) is 3.01. The lowest BCUT2D eigenvalue weighted by Gasteiger charge is -2.12. The van der Waals surface area contributed by atoms with Crippen molar-refractivity contribution in [3.8, 4) is 0 Å². The topological polar surface area (TPSA) is 59.1 Å². The van der Waals surface area contributed by atoms with E-state index >= 15 is 0 Å². The Kier molecular flexibility index (Phi) is 6.22. The molecule has 24 heavy (non-hydrogen) atoms. The van der Waals surface area contributed by atoms with Crippen LogP contribution in [0.5, 0.6) is 0 Å². The van der Waals surface area contributed by atoms with Gasteiger partial charge in [-0.15, -0.1) is 0 Å². The van der Waals surface area contributed by atoms with Crippen molar-refractivity contribution in [2.75, 3.05) is 30.9 Å². The lowest BCUT2D eigenvalue weighted by Crippen LogP contribution is -2.09. The summed E-state index contributed by atoms with van der Waals surface area (Å²) in [6.07, 6.45) is -2.23. The Labute approximate surface area is 142 Å². The van der Waals surface area contributed by atoms with Crippen LogP contribution in [0.3, 0.4) is 0 Å². The summed E-state index contributed by atoms with van der Waals surface area (Å²) in [6.45, 7) is 1.23. The molecular formula is C15H16ClF3N4O. The number of rotatable bonds is 7. The smallest absolute Gasteiger partial charge is 0.385 e. The van der Waals surface area contributed by atoms with Gasteiger partial charge in [-0.3, -0.25) is 0 Å². The Morgan fingerprint density at radius 2 is 2.04 bits per heavy atom. The Hall–Kier alpha value is -2.06. The minimum atomic E-state index is -4.52. The summed E-state index contributed by atoms with van der Waals surface area (Å²) in [5.74, 6) is 0.746. The quantitative estimate of drug-likeness (QED) is 0.719. The zero-order valence-corrected chi connectivity index (χ0v) is 13.6. The van der Waals surface area contributed by atoms with Gasteiger partial charge in [-0.25, -0.2) is 4.98 Å². The number of benzene rings is 1. The number of anilines is 3. The molecule has 0 fully saturated rings. The number of hydrogen-bond acceptors (Lipinski definition) is 5. The Bertz CT molecular complexity index is 682. The van der Waals surface area contributed by atoms with Crippen LogP contribution in [-0.4, -0.2) is 30.2 Å². The maximum atomic E-state index is 12.9. The van der Waals surface area contributed by atoms with Crippen molar-refractivity contribution in [2.24, 2.45) is 0 Å². The molecule has 1 aromatic carbocycles. The maximum absolute atomic E-state index is 12.9. The van der Waals surface area contributed by atoms with Gasteiger partial charge in [0.05, 0.1) is 10.6 Å². The van der Waals surface area contributed by atoms with Crippen LogP contribution >= 0.6 is 11.6 Å². The maximum Gasteiger partial charge on any atom is 0.417 e. The fraction of sp³-hybridized carbons (Fsp3) is 0.333. The van der Waals surface area contributed by atoms with E-state index in [0.717, 1.165) is 12.5 Å². The first-order valence-electron chi connectivity index (χ1n) is 7.10. The molecule has 0 bridgehead atoms. The molecule has 0 atom stereocenters. The fourth-order valence-corrected chi connectivity index (χ4v) is 2.12. The van der Waals surface area contributed by atoms with Gasteiger partial charge in [0.1, 0.15) is 5.82 Å². The van der Waals surface area contributed by atoms with Crippen LogP contribution in [0.2, 0.25) is 5.02 Å². The van der Waals surface area contributed by atoms with Crippen LogP contribution in [-0.2, 0) is 10.9 Å². The average Bonchev–Trinajstić information content (AvgIpc) is 2.53. The summed E-state index contributed by atoms with van der Waals surface area (Å²) in [4.78, 5) is 8.24. The van der Waals surface area contributed by atoms with Crippen molar-refractivity contribution in [3.05, 3.63) is 41.0 Å². The predicted molar refractivity (Wildman–Crippen MR) is 86.8 cm³/mol. The summed E-state index contributed by atoms with van der Waals surface area (Å²) in [5, 5.41) is 5.47. The Balaban J connectivity index is 2.08. The molecule has 0 aliphatic rings. The molecule has 0 saturated heterocycles. The zero-order valence-electron chi connectivity index (χ0n) is 12.8. The van der Waals surface area contributed by atoms with E-state index in [4.69, 9.17) is 16.3 Å². The average molecular weight is 361 g/mol. The van der Waals surface area contributed by atoms with Gasteiger partial charge < -0.3 is 15.4 Å². The highest BCUT2D eigenvalue weighted by molar-refractivity contribution is 6.31. The van der Waals surface area contributed by atoms with Gasteiger partial charge in [-0.2, -0.15) is 18.2 Å². The monoisotopic (exact) mass is 360 g/mol. The van der Waals surface area contributed by atoms with E-state index in [2.05, 4.69) is 20.6 Å². The van der Waals surface area contributed by atoms with Crippen LogP contribution in [0.1, 0.15) is 12.0 Å². The summed E-state index contributed by atoms with van der Waals surface area (Å²) in [7, 11) is 1.61. The molecule has 9 heteroatoms. The molecule has 0 unspecified atom stereocenters. The number of nitrogens with one attached hydrogen (secondary N) is 2. The fourth-order valence-electron chi connectivity index (χ4n) is 1.90. The zero-order chi connectivity index (χ0) is 17.6. The third kappa shape index (κ3) is 5.24. The number of ether oxygens (including phenoxy) is 1. The second-order valence-electron chi connectivity index (χ2n) is 4.86. The summed E-state index contributed by atoms with van der Waals surface area (Å²) >= 11 is 5.60. The van der Waals surface area contributed by atoms with E-state index in [1.165, 1.54) is 18.3 Å². The first-order valence-corrected chi connectivity index (χ1v) is 7.47. The van der Waals surface area contributed by atoms with Gasteiger partial charge >= 0.3 is 6.18 Å². The van der Waals surface area contributed by atoms with Crippen LogP contribution in [0.25, 0.3) is 0 Å². The molecule has 0 spiro atoms. The predicted octanol–water partition coefficient (Wildman–Crippen LogP) is 4.34. The highest BCUT2D eigenvalue weighted by atomic mass is 35.5. The molecule has 0 aliphatic heterocycles. The summed E-state index contributed by atoms with van der Waals surface area (Å²) in [6, 6.07) is 5.14. The van der Waals surface area contributed by atoms with E-state index in [1.54, 1.807) is 13.2 Å². The van der Waals surface area contributed by atoms with Gasteiger partial charge in [-0.05, 0) is 30.7 Å².